The van der Waals surface area contributed by atoms with Crippen LogP contribution in [-0.2, 0) is 0 Å². The van der Waals surface area contributed by atoms with Gasteiger partial charge in [-0.05, 0) is 24.3 Å². The van der Waals surface area contributed by atoms with E-state index in [2.05, 4.69) is 9.97 Å². The van der Waals surface area contributed by atoms with Crippen LogP contribution in [-0.4, -0.2) is 9.97 Å². The molecule has 0 aliphatic rings. The van der Waals surface area contributed by atoms with Crippen molar-refractivity contribution < 1.29 is 0 Å². The molecular formula is C11H9N3S. The number of nitrogens with zero attached hydrogens (tertiary/aromatic N) is 1. The Hall–Kier alpha value is -1.81. The lowest BCUT2D eigenvalue weighted by Crippen LogP contribution is -1.74. The number of hydrogen-bond donors (Lipinski definition) is 2. The number of rotatable bonds is 1. The third-order valence-corrected chi connectivity index (χ3v) is 3.17. The van der Waals surface area contributed by atoms with E-state index in [1.54, 1.807) is 11.3 Å². The fraction of sp³-hybridized carbons (Fsp3) is 0. The molecule has 3 rings (SSSR count). The molecule has 0 radical (unpaired) electrons. The van der Waals surface area contributed by atoms with Gasteiger partial charge in [-0.1, -0.05) is 12.1 Å². The van der Waals surface area contributed by atoms with Gasteiger partial charge in [0.2, 0.25) is 0 Å². The second-order valence-electron chi connectivity index (χ2n) is 3.30. The summed E-state index contributed by atoms with van der Waals surface area (Å²) in [6.45, 7) is 0. The van der Waals surface area contributed by atoms with Crippen molar-refractivity contribution >= 4 is 27.4 Å². The van der Waals surface area contributed by atoms with Gasteiger partial charge < -0.3 is 10.7 Å². The molecule has 3 N–H and O–H groups in total. The minimum absolute atomic E-state index is 0.811. The third-order valence-electron chi connectivity index (χ3n) is 2.25. The molecule has 0 aliphatic heterocycles. The van der Waals surface area contributed by atoms with E-state index in [1.807, 2.05) is 36.4 Å². The SMILES string of the molecule is Nc1ccc(-c2nc3ccccc3[nH]2)s1. The number of nitrogens with one attached hydrogen (secondary N) is 1. The van der Waals surface area contributed by atoms with Crippen molar-refractivity contribution in [2.24, 2.45) is 0 Å². The topological polar surface area (TPSA) is 54.7 Å². The molecule has 0 spiro atoms. The highest BCUT2D eigenvalue weighted by Crippen LogP contribution is 2.28. The Morgan fingerprint density at radius 1 is 1.13 bits per heavy atom. The highest BCUT2D eigenvalue weighted by atomic mass is 32.1. The van der Waals surface area contributed by atoms with Crippen LogP contribution in [0.2, 0.25) is 0 Å². The van der Waals surface area contributed by atoms with E-state index < -0.39 is 0 Å². The maximum Gasteiger partial charge on any atom is 0.148 e. The van der Waals surface area contributed by atoms with Crippen molar-refractivity contribution in [1.29, 1.82) is 0 Å². The summed E-state index contributed by atoms with van der Waals surface area (Å²) >= 11 is 1.54. The van der Waals surface area contributed by atoms with Gasteiger partial charge in [-0.15, -0.1) is 11.3 Å². The number of aromatic amines is 1. The fourth-order valence-corrected chi connectivity index (χ4v) is 2.27. The number of aromatic nitrogens is 2. The highest BCUT2D eigenvalue weighted by molar-refractivity contribution is 7.19. The average molecular weight is 215 g/mol. The molecule has 0 aliphatic carbocycles. The first-order valence-electron chi connectivity index (χ1n) is 4.63. The molecule has 3 aromatic rings. The van der Waals surface area contributed by atoms with Crippen LogP contribution < -0.4 is 5.73 Å². The molecule has 3 nitrogen and oxygen atoms in total. The van der Waals surface area contributed by atoms with E-state index in [-0.39, 0.29) is 0 Å². The van der Waals surface area contributed by atoms with Crippen molar-refractivity contribution in [1.82, 2.24) is 9.97 Å². The number of fused-ring (bicyclic) bond motifs is 1. The molecular weight excluding hydrogens is 206 g/mol. The Morgan fingerprint density at radius 2 is 2.00 bits per heavy atom. The highest BCUT2D eigenvalue weighted by Gasteiger charge is 2.06. The van der Waals surface area contributed by atoms with Crippen molar-refractivity contribution in [2.75, 3.05) is 5.73 Å². The van der Waals surface area contributed by atoms with E-state index >= 15 is 0 Å². The molecule has 2 aromatic heterocycles. The van der Waals surface area contributed by atoms with Gasteiger partial charge in [-0.25, -0.2) is 4.98 Å². The van der Waals surface area contributed by atoms with Crippen LogP contribution in [0.4, 0.5) is 5.00 Å². The average Bonchev–Trinajstić information content (AvgIpc) is 2.82. The summed E-state index contributed by atoms with van der Waals surface area (Å²) in [7, 11) is 0. The first-order chi connectivity index (χ1) is 7.33. The molecule has 0 bridgehead atoms. The largest absolute Gasteiger partial charge is 0.391 e. The van der Waals surface area contributed by atoms with Crippen LogP contribution in [0.15, 0.2) is 36.4 Å². The zero-order valence-corrected chi connectivity index (χ0v) is 8.71. The second-order valence-corrected chi connectivity index (χ2v) is 4.42. The molecule has 0 saturated carbocycles. The molecule has 2 heterocycles. The van der Waals surface area contributed by atoms with Gasteiger partial charge in [0.05, 0.1) is 20.9 Å². The predicted octanol–water partition coefficient (Wildman–Crippen LogP) is 2.87. The van der Waals surface area contributed by atoms with Crippen molar-refractivity contribution in [2.45, 2.75) is 0 Å². The van der Waals surface area contributed by atoms with Crippen LogP contribution in [0, 0.1) is 0 Å². The minimum atomic E-state index is 0.811. The Bertz CT molecular complexity index is 576. The zero-order chi connectivity index (χ0) is 10.3. The van der Waals surface area contributed by atoms with Crippen molar-refractivity contribution in [3.05, 3.63) is 36.4 Å². The maximum atomic E-state index is 5.69. The summed E-state index contributed by atoms with van der Waals surface area (Å²) in [5.41, 5.74) is 7.73. The van der Waals surface area contributed by atoms with Crippen molar-refractivity contribution in [3.8, 4) is 10.7 Å². The summed E-state index contributed by atoms with van der Waals surface area (Å²) in [6.07, 6.45) is 0. The Balaban J connectivity index is 2.19. The van der Waals surface area contributed by atoms with Crippen LogP contribution >= 0.6 is 11.3 Å². The number of benzene rings is 1. The van der Waals surface area contributed by atoms with Crippen LogP contribution in [0.3, 0.4) is 0 Å². The monoisotopic (exact) mass is 215 g/mol. The first-order valence-corrected chi connectivity index (χ1v) is 5.45. The molecule has 4 heteroatoms. The summed E-state index contributed by atoms with van der Waals surface area (Å²) in [5.74, 6) is 0.887. The Kier molecular flexibility index (Phi) is 1.76. The molecule has 15 heavy (non-hydrogen) atoms. The van der Waals surface area contributed by atoms with Crippen LogP contribution in [0.5, 0.6) is 0 Å². The van der Waals surface area contributed by atoms with Crippen LogP contribution in [0.1, 0.15) is 0 Å². The quantitative estimate of drug-likeness (QED) is 0.655. The summed E-state index contributed by atoms with van der Waals surface area (Å²) < 4.78 is 0. The van der Waals surface area contributed by atoms with Gasteiger partial charge in [0.1, 0.15) is 5.82 Å². The number of thiophene rings is 1. The number of imidazole rings is 1. The summed E-state index contributed by atoms with van der Waals surface area (Å²) in [6, 6.07) is 11.9. The lowest BCUT2D eigenvalue weighted by Gasteiger charge is -1.86. The molecule has 0 saturated heterocycles. The molecule has 0 atom stereocenters. The minimum Gasteiger partial charge on any atom is -0.391 e. The molecule has 0 unspecified atom stereocenters. The Labute approximate surface area is 90.6 Å². The fourth-order valence-electron chi connectivity index (χ4n) is 1.55. The van der Waals surface area contributed by atoms with E-state index in [0.29, 0.717) is 0 Å². The van der Waals surface area contributed by atoms with Gasteiger partial charge in [-0.3, -0.25) is 0 Å². The number of H-pyrrole nitrogens is 1. The van der Waals surface area contributed by atoms with Crippen LogP contribution in [0.25, 0.3) is 21.7 Å². The van der Waals surface area contributed by atoms with Gasteiger partial charge in [-0.2, -0.15) is 0 Å². The first kappa shape index (κ1) is 8.49. The summed E-state index contributed by atoms with van der Waals surface area (Å²) in [5, 5.41) is 0.811. The lowest BCUT2D eigenvalue weighted by atomic mass is 10.3. The lowest BCUT2D eigenvalue weighted by molar-refractivity contribution is 1.36. The zero-order valence-electron chi connectivity index (χ0n) is 7.90. The Morgan fingerprint density at radius 3 is 2.73 bits per heavy atom. The number of nitrogens with two attached hydrogens (primary N) is 1. The van der Waals surface area contributed by atoms with Gasteiger partial charge >= 0.3 is 0 Å². The number of nitrogen functional groups attached to an aromatic ring is 1. The smallest absolute Gasteiger partial charge is 0.148 e. The maximum absolute atomic E-state index is 5.69. The molecule has 1 aromatic carbocycles. The van der Waals surface area contributed by atoms with E-state index in [1.165, 1.54) is 0 Å². The van der Waals surface area contributed by atoms with E-state index in [9.17, 15) is 0 Å². The molecule has 0 amide bonds. The second kappa shape index (κ2) is 3.10. The number of anilines is 1. The number of para-hydroxylation sites is 2. The normalized spacial score (nSPS) is 10.9. The standard InChI is InChI=1S/C11H9N3S/c12-10-6-5-9(15-10)11-13-7-3-1-2-4-8(7)14-11/h1-6H,12H2,(H,13,14). The van der Waals surface area contributed by atoms with Gasteiger partial charge in [0, 0.05) is 0 Å². The van der Waals surface area contributed by atoms with E-state index in [4.69, 9.17) is 5.73 Å². The van der Waals surface area contributed by atoms with E-state index in [0.717, 1.165) is 26.7 Å². The molecule has 74 valence electrons. The van der Waals surface area contributed by atoms with Gasteiger partial charge in [0.25, 0.3) is 0 Å². The van der Waals surface area contributed by atoms with Crippen molar-refractivity contribution in [3.63, 3.8) is 0 Å². The predicted molar refractivity (Wildman–Crippen MR) is 63.8 cm³/mol. The van der Waals surface area contributed by atoms with Gasteiger partial charge in [0.15, 0.2) is 0 Å². The third kappa shape index (κ3) is 1.39. The molecule has 0 fully saturated rings. The summed E-state index contributed by atoms with van der Waals surface area (Å²) in [4.78, 5) is 8.84. The number of hydrogen-bond acceptors (Lipinski definition) is 3.